The van der Waals surface area contributed by atoms with E-state index in [-0.39, 0.29) is 16.6 Å². The van der Waals surface area contributed by atoms with Gasteiger partial charge < -0.3 is 10.1 Å². The van der Waals surface area contributed by atoms with Crippen molar-refractivity contribution in [3.8, 4) is 16.3 Å². The smallest absolute Gasteiger partial charge is 0.256 e. The molecule has 1 aliphatic rings. The normalized spacial score (nSPS) is 13.9. The SMILES string of the molecule is COc1ccc(S(=O)(=O)NC2CC2)cc1NC(=O)c1cc(-c2cccs2)nc2c1c(C)nn2C. The molecule has 1 aliphatic carbocycles. The van der Waals surface area contributed by atoms with E-state index >= 15 is 0 Å². The highest BCUT2D eigenvalue weighted by molar-refractivity contribution is 7.89. The number of aryl methyl sites for hydroxylation is 2. The average molecular weight is 498 g/mol. The number of hydrogen-bond acceptors (Lipinski definition) is 7. The minimum Gasteiger partial charge on any atom is -0.495 e. The molecule has 0 saturated heterocycles. The Balaban J connectivity index is 1.57. The summed E-state index contributed by atoms with van der Waals surface area (Å²) in [5, 5.41) is 9.87. The number of methoxy groups -OCH3 is 1. The first kappa shape index (κ1) is 22.5. The van der Waals surface area contributed by atoms with Crippen molar-refractivity contribution in [3.63, 3.8) is 0 Å². The van der Waals surface area contributed by atoms with E-state index in [1.165, 1.54) is 36.6 Å². The number of pyridine rings is 1. The van der Waals surface area contributed by atoms with Crippen molar-refractivity contribution in [3.05, 3.63) is 53.0 Å². The molecule has 9 nitrogen and oxygen atoms in total. The number of carbonyl (C=O) groups is 1. The van der Waals surface area contributed by atoms with Crippen LogP contribution in [0.2, 0.25) is 0 Å². The molecule has 3 heterocycles. The molecule has 1 amide bonds. The minimum atomic E-state index is -3.70. The molecule has 5 rings (SSSR count). The number of fused-ring (bicyclic) bond motifs is 1. The van der Waals surface area contributed by atoms with Gasteiger partial charge in [0.2, 0.25) is 10.0 Å². The zero-order valence-electron chi connectivity index (χ0n) is 18.8. The van der Waals surface area contributed by atoms with Crippen LogP contribution in [0.5, 0.6) is 5.75 Å². The topological polar surface area (TPSA) is 115 Å². The number of nitrogens with one attached hydrogen (secondary N) is 2. The number of hydrogen-bond donors (Lipinski definition) is 2. The van der Waals surface area contributed by atoms with E-state index in [0.717, 1.165) is 17.7 Å². The molecule has 2 N–H and O–H groups in total. The maximum Gasteiger partial charge on any atom is 0.256 e. The fraction of sp³-hybridized carbons (Fsp3) is 0.261. The van der Waals surface area contributed by atoms with Crippen LogP contribution in [0.3, 0.4) is 0 Å². The predicted octanol–water partition coefficient (Wildman–Crippen LogP) is 3.71. The second-order valence-corrected chi connectivity index (χ2v) is 10.8. The summed E-state index contributed by atoms with van der Waals surface area (Å²) in [5.41, 5.74) is 2.57. The molecule has 0 bridgehead atoms. The van der Waals surface area contributed by atoms with Gasteiger partial charge in [-0.15, -0.1) is 11.3 Å². The molecule has 0 atom stereocenters. The minimum absolute atomic E-state index is 0.0283. The number of amides is 1. The van der Waals surface area contributed by atoms with Gasteiger partial charge >= 0.3 is 0 Å². The van der Waals surface area contributed by atoms with Crippen molar-refractivity contribution < 1.29 is 17.9 Å². The molecule has 1 fully saturated rings. The lowest BCUT2D eigenvalue weighted by atomic mass is 10.1. The van der Waals surface area contributed by atoms with E-state index in [9.17, 15) is 13.2 Å². The van der Waals surface area contributed by atoms with Crippen molar-refractivity contribution >= 4 is 44.0 Å². The van der Waals surface area contributed by atoms with Crippen molar-refractivity contribution in [2.75, 3.05) is 12.4 Å². The van der Waals surface area contributed by atoms with E-state index < -0.39 is 15.9 Å². The van der Waals surface area contributed by atoms with Crippen molar-refractivity contribution in [1.82, 2.24) is 19.5 Å². The van der Waals surface area contributed by atoms with Crippen molar-refractivity contribution in [2.45, 2.75) is 30.7 Å². The van der Waals surface area contributed by atoms with Gasteiger partial charge in [0.1, 0.15) is 5.75 Å². The third-order valence-corrected chi connectivity index (χ3v) is 8.03. The fourth-order valence-electron chi connectivity index (χ4n) is 3.80. The fourth-order valence-corrected chi connectivity index (χ4v) is 5.82. The molecule has 0 radical (unpaired) electrons. The number of anilines is 1. The van der Waals surface area contributed by atoms with Gasteiger partial charge in [0.05, 0.1) is 44.9 Å². The molecular weight excluding hydrogens is 474 g/mol. The number of aromatic nitrogens is 3. The van der Waals surface area contributed by atoms with E-state index in [2.05, 4.69) is 15.1 Å². The maximum atomic E-state index is 13.5. The first-order chi connectivity index (χ1) is 16.3. The Morgan fingerprint density at radius 1 is 1.24 bits per heavy atom. The van der Waals surface area contributed by atoms with Crippen LogP contribution >= 0.6 is 11.3 Å². The summed E-state index contributed by atoms with van der Waals surface area (Å²) in [6.07, 6.45) is 1.65. The Bertz CT molecular complexity index is 1510. The van der Waals surface area contributed by atoms with Gasteiger partial charge in [-0.3, -0.25) is 9.48 Å². The number of benzene rings is 1. The lowest BCUT2D eigenvalue weighted by Crippen LogP contribution is -2.26. The lowest BCUT2D eigenvalue weighted by Gasteiger charge is -2.14. The second kappa shape index (κ2) is 8.49. The Labute approximate surface area is 200 Å². The highest BCUT2D eigenvalue weighted by Gasteiger charge is 2.29. The first-order valence-electron chi connectivity index (χ1n) is 10.7. The third kappa shape index (κ3) is 4.17. The molecule has 3 aromatic heterocycles. The molecule has 0 aliphatic heterocycles. The predicted molar refractivity (Wildman–Crippen MR) is 131 cm³/mol. The summed E-state index contributed by atoms with van der Waals surface area (Å²) in [7, 11) is -0.449. The lowest BCUT2D eigenvalue weighted by molar-refractivity contribution is 0.102. The molecule has 0 spiro atoms. The van der Waals surface area contributed by atoms with Crippen LogP contribution < -0.4 is 14.8 Å². The number of thiophene rings is 1. The zero-order chi connectivity index (χ0) is 24.0. The van der Waals surface area contributed by atoms with Crippen molar-refractivity contribution in [1.29, 1.82) is 0 Å². The van der Waals surface area contributed by atoms with Crippen LogP contribution in [-0.4, -0.2) is 42.2 Å². The van der Waals surface area contributed by atoms with Gasteiger partial charge in [0.25, 0.3) is 5.91 Å². The number of carbonyl (C=O) groups excluding carboxylic acids is 1. The summed E-state index contributed by atoms with van der Waals surface area (Å²) in [6, 6.07) is 9.98. The molecule has 11 heteroatoms. The van der Waals surface area contributed by atoms with Gasteiger partial charge in [-0.2, -0.15) is 5.10 Å². The zero-order valence-corrected chi connectivity index (χ0v) is 20.5. The standard InChI is InChI=1S/C23H23N5O4S2/c1-13-21-16(12-18(20-5-4-10-33-20)24-22(21)28(2)26-13)23(29)25-17-11-15(8-9-19(17)32-3)34(30,31)27-14-6-7-14/h4-5,8-12,14,27H,6-7H2,1-3H3,(H,25,29). The molecule has 1 saturated carbocycles. The Hall–Kier alpha value is -3.28. The van der Waals surface area contributed by atoms with E-state index in [4.69, 9.17) is 9.72 Å². The van der Waals surface area contributed by atoms with E-state index in [0.29, 0.717) is 33.7 Å². The number of rotatable bonds is 7. The summed E-state index contributed by atoms with van der Waals surface area (Å²) in [6.45, 7) is 1.82. The van der Waals surface area contributed by atoms with Crippen LogP contribution in [0.1, 0.15) is 28.9 Å². The van der Waals surface area contributed by atoms with Gasteiger partial charge in [0, 0.05) is 13.1 Å². The highest BCUT2D eigenvalue weighted by Crippen LogP contribution is 2.32. The number of ether oxygens (including phenoxy) is 1. The molecule has 4 aromatic rings. The quantitative estimate of drug-likeness (QED) is 0.402. The van der Waals surface area contributed by atoms with Crippen LogP contribution in [0.15, 0.2) is 46.7 Å². The number of sulfonamides is 1. The van der Waals surface area contributed by atoms with E-state index in [1.807, 2.05) is 24.4 Å². The number of nitrogens with zero attached hydrogens (tertiary/aromatic N) is 3. The third-order valence-electron chi connectivity index (χ3n) is 5.62. The summed E-state index contributed by atoms with van der Waals surface area (Å²) in [4.78, 5) is 19.2. The first-order valence-corrected chi connectivity index (χ1v) is 13.0. The second-order valence-electron chi connectivity index (χ2n) is 8.15. The molecule has 1 aromatic carbocycles. The highest BCUT2D eigenvalue weighted by atomic mass is 32.2. The van der Waals surface area contributed by atoms with Gasteiger partial charge in [-0.25, -0.2) is 18.1 Å². The molecular formula is C23H23N5O4S2. The van der Waals surface area contributed by atoms with Gasteiger partial charge in [-0.1, -0.05) is 6.07 Å². The van der Waals surface area contributed by atoms with Crippen molar-refractivity contribution in [2.24, 2.45) is 7.05 Å². The Kier molecular flexibility index (Phi) is 5.62. The Morgan fingerprint density at radius 2 is 2.03 bits per heavy atom. The van der Waals surface area contributed by atoms with Crippen LogP contribution in [-0.2, 0) is 17.1 Å². The molecule has 0 unspecified atom stereocenters. The maximum absolute atomic E-state index is 13.5. The largest absolute Gasteiger partial charge is 0.495 e. The summed E-state index contributed by atoms with van der Waals surface area (Å²) < 4.78 is 35.1. The average Bonchev–Trinajstić information content (AvgIpc) is 3.33. The molecule has 176 valence electrons. The van der Waals surface area contributed by atoms with Crippen LogP contribution in [0, 0.1) is 6.92 Å². The summed E-state index contributed by atoms with van der Waals surface area (Å²) >= 11 is 1.52. The monoisotopic (exact) mass is 497 g/mol. The van der Waals surface area contributed by atoms with E-state index in [1.54, 1.807) is 17.8 Å². The van der Waals surface area contributed by atoms with Crippen LogP contribution in [0.25, 0.3) is 21.6 Å². The molecule has 34 heavy (non-hydrogen) atoms. The van der Waals surface area contributed by atoms with Gasteiger partial charge in [-0.05, 0) is 55.5 Å². The van der Waals surface area contributed by atoms with Gasteiger partial charge in [0.15, 0.2) is 5.65 Å². The summed E-state index contributed by atoms with van der Waals surface area (Å²) in [5.74, 6) is -0.0604. The Morgan fingerprint density at radius 3 is 2.71 bits per heavy atom. The van der Waals surface area contributed by atoms with Crippen LogP contribution in [0.4, 0.5) is 5.69 Å².